The normalized spacial score (nSPS) is 11.4. The second-order valence-electron chi connectivity index (χ2n) is 2.62. The fraction of sp³-hybridized carbons (Fsp3) is 0. The number of rotatable bonds is 1. The first-order chi connectivity index (χ1) is 6.09. The van der Waals surface area contributed by atoms with Crippen molar-refractivity contribution in [2.45, 2.75) is 0 Å². The summed E-state index contributed by atoms with van der Waals surface area (Å²) in [5.74, 6) is 0. The molecule has 0 unspecified atom stereocenters. The second kappa shape index (κ2) is 4.63. The van der Waals surface area contributed by atoms with Crippen molar-refractivity contribution >= 4 is 34.0 Å². The Morgan fingerprint density at radius 2 is 1.93 bits per heavy atom. The van der Waals surface area contributed by atoms with Crippen molar-refractivity contribution in [1.29, 1.82) is 0 Å². The van der Waals surface area contributed by atoms with Crippen LogP contribution in [-0.4, -0.2) is 12.0 Å². The van der Waals surface area contributed by atoms with Crippen LogP contribution in [0.2, 0.25) is 0 Å². The molecule has 7 heteroatoms. The molecule has 2 rings (SSSR count). The summed E-state index contributed by atoms with van der Waals surface area (Å²) in [6.45, 7) is -4.92. The van der Waals surface area contributed by atoms with Gasteiger partial charge in [0.25, 0.3) is 0 Å². The Hall–Kier alpha value is 0.601. The van der Waals surface area contributed by atoms with Crippen LogP contribution in [0, 0.1) is 0 Å². The van der Waals surface area contributed by atoms with Crippen molar-refractivity contribution in [2.75, 3.05) is 0 Å². The van der Waals surface area contributed by atoms with E-state index >= 15 is 0 Å². The van der Waals surface area contributed by atoms with Crippen molar-refractivity contribution in [3.8, 4) is 0 Å². The standard InChI is InChI=1S/C7H4BF3NS.K/c9-8(10,11)5-2-1-3-6-7(5)13-4-12-6;/h1-4H;/q-1;+1. The summed E-state index contributed by atoms with van der Waals surface area (Å²) >= 11 is 1.03. The third kappa shape index (κ3) is 2.40. The molecule has 1 aromatic heterocycles. The molecular formula is C7H4BF3KNS. The predicted octanol–water partition coefficient (Wildman–Crippen LogP) is -0.645. The predicted molar refractivity (Wildman–Crippen MR) is 48.3 cm³/mol. The van der Waals surface area contributed by atoms with E-state index in [2.05, 4.69) is 4.98 Å². The number of hydrogen-bond donors (Lipinski definition) is 0. The van der Waals surface area contributed by atoms with Crippen LogP contribution in [-0.2, 0) is 0 Å². The number of nitrogens with zero attached hydrogens (tertiary/aromatic N) is 1. The first-order valence-electron chi connectivity index (χ1n) is 3.61. The van der Waals surface area contributed by atoms with Crippen LogP contribution in [0.4, 0.5) is 12.9 Å². The molecule has 0 spiro atoms. The Morgan fingerprint density at radius 1 is 1.21 bits per heavy atom. The first kappa shape index (κ1) is 12.7. The van der Waals surface area contributed by atoms with E-state index < -0.39 is 12.4 Å². The molecule has 0 bridgehead atoms. The van der Waals surface area contributed by atoms with Gasteiger partial charge >= 0.3 is 58.4 Å². The van der Waals surface area contributed by atoms with Crippen LogP contribution >= 0.6 is 11.3 Å². The van der Waals surface area contributed by atoms with Gasteiger partial charge in [-0.05, 0) is 6.07 Å². The van der Waals surface area contributed by atoms with Crippen LogP contribution in [0.15, 0.2) is 23.7 Å². The molecule has 0 amide bonds. The van der Waals surface area contributed by atoms with Gasteiger partial charge in [0.1, 0.15) is 0 Å². The zero-order valence-electron chi connectivity index (χ0n) is 7.38. The van der Waals surface area contributed by atoms with Gasteiger partial charge in [-0.25, -0.2) is 4.98 Å². The smallest absolute Gasteiger partial charge is 0.445 e. The van der Waals surface area contributed by atoms with Crippen LogP contribution in [0.5, 0.6) is 0 Å². The zero-order valence-corrected chi connectivity index (χ0v) is 11.3. The fourth-order valence-corrected chi connectivity index (χ4v) is 2.02. The van der Waals surface area contributed by atoms with Crippen molar-refractivity contribution in [3.05, 3.63) is 23.7 Å². The Labute approximate surface area is 125 Å². The largest absolute Gasteiger partial charge is 1.00 e. The van der Waals surface area contributed by atoms with Crippen LogP contribution in [0.1, 0.15) is 0 Å². The second-order valence-corrected chi connectivity index (χ2v) is 3.48. The molecule has 0 saturated carbocycles. The minimum atomic E-state index is -4.92. The molecule has 0 aliphatic rings. The molecule has 1 aromatic carbocycles. The summed E-state index contributed by atoms with van der Waals surface area (Å²) in [6.07, 6.45) is 0. The summed E-state index contributed by atoms with van der Waals surface area (Å²) in [5, 5.41) is 0. The Kier molecular flexibility index (Phi) is 4.19. The van der Waals surface area contributed by atoms with E-state index in [0.29, 0.717) is 5.52 Å². The summed E-state index contributed by atoms with van der Waals surface area (Å²) in [4.78, 5) is 3.82. The average molecular weight is 241 g/mol. The summed E-state index contributed by atoms with van der Waals surface area (Å²) < 4.78 is 37.5. The van der Waals surface area contributed by atoms with E-state index in [4.69, 9.17) is 0 Å². The number of aromatic nitrogens is 1. The number of hydrogen-bond acceptors (Lipinski definition) is 2. The fourth-order valence-electron chi connectivity index (χ4n) is 1.17. The third-order valence-electron chi connectivity index (χ3n) is 1.74. The summed E-state index contributed by atoms with van der Waals surface area (Å²) in [5.41, 5.74) is 1.30. The van der Waals surface area contributed by atoms with Crippen molar-refractivity contribution < 1.29 is 64.3 Å². The maximum atomic E-state index is 12.4. The molecule has 1 nitrogen and oxygen atoms in total. The summed E-state index contributed by atoms with van der Waals surface area (Å²) in [6, 6.07) is 4.06. The molecule has 68 valence electrons. The third-order valence-corrected chi connectivity index (χ3v) is 2.63. The molecule has 14 heavy (non-hydrogen) atoms. The monoisotopic (exact) mass is 241 g/mol. The van der Waals surface area contributed by atoms with E-state index in [1.165, 1.54) is 11.6 Å². The molecule has 0 atom stereocenters. The topological polar surface area (TPSA) is 12.9 Å². The number of fused-ring (bicyclic) bond motifs is 1. The summed E-state index contributed by atoms with van der Waals surface area (Å²) in [7, 11) is 0. The van der Waals surface area contributed by atoms with Gasteiger partial charge in [0.05, 0.1) is 11.0 Å². The van der Waals surface area contributed by atoms with Crippen LogP contribution in [0.3, 0.4) is 0 Å². The Bertz CT molecular complexity index is 442. The molecule has 0 aliphatic carbocycles. The first-order valence-corrected chi connectivity index (χ1v) is 4.49. The minimum absolute atomic E-state index is 0. The molecule has 1 heterocycles. The van der Waals surface area contributed by atoms with Crippen molar-refractivity contribution in [2.24, 2.45) is 0 Å². The molecule has 0 radical (unpaired) electrons. The molecule has 0 saturated heterocycles. The SMILES string of the molecule is F[B-](F)(F)c1cccc2ncsc12.[K+]. The van der Waals surface area contributed by atoms with E-state index in [0.717, 1.165) is 17.4 Å². The zero-order chi connectivity index (χ0) is 9.47. The maximum absolute atomic E-state index is 12.4. The molecular weight excluding hydrogens is 237 g/mol. The van der Waals surface area contributed by atoms with E-state index in [1.807, 2.05) is 0 Å². The molecule has 0 N–H and O–H groups in total. The Balaban J connectivity index is 0.000000980. The van der Waals surface area contributed by atoms with Crippen LogP contribution < -0.4 is 56.8 Å². The molecule has 0 aliphatic heterocycles. The van der Waals surface area contributed by atoms with Gasteiger partial charge in [-0.3, -0.25) is 0 Å². The molecule has 2 aromatic rings. The van der Waals surface area contributed by atoms with Gasteiger partial charge in [-0.15, -0.1) is 11.3 Å². The van der Waals surface area contributed by atoms with Gasteiger partial charge in [0.2, 0.25) is 0 Å². The van der Waals surface area contributed by atoms with Gasteiger partial charge in [-0.1, -0.05) is 17.6 Å². The van der Waals surface area contributed by atoms with Crippen molar-refractivity contribution in [3.63, 3.8) is 0 Å². The quantitative estimate of drug-likeness (QED) is 0.605. The van der Waals surface area contributed by atoms with E-state index in [-0.39, 0.29) is 56.1 Å². The number of benzene rings is 1. The van der Waals surface area contributed by atoms with E-state index in [9.17, 15) is 12.9 Å². The Morgan fingerprint density at radius 3 is 2.57 bits per heavy atom. The average Bonchev–Trinajstić information content (AvgIpc) is 2.48. The number of halogens is 3. The van der Waals surface area contributed by atoms with Crippen LogP contribution in [0.25, 0.3) is 10.2 Å². The number of thiazole rings is 1. The minimum Gasteiger partial charge on any atom is -0.445 e. The van der Waals surface area contributed by atoms with E-state index in [1.54, 1.807) is 6.07 Å². The maximum Gasteiger partial charge on any atom is 1.00 e. The van der Waals surface area contributed by atoms with Gasteiger partial charge in [0.15, 0.2) is 0 Å². The van der Waals surface area contributed by atoms with Gasteiger partial charge in [-0.2, -0.15) is 0 Å². The van der Waals surface area contributed by atoms with Crippen molar-refractivity contribution in [1.82, 2.24) is 4.98 Å². The van der Waals surface area contributed by atoms with Gasteiger partial charge < -0.3 is 12.9 Å². The van der Waals surface area contributed by atoms with Gasteiger partial charge in [0, 0.05) is 4.70 Å². The molecule has 0 fully saturated rings.